The fourth-order valence-corrected chi connectivity index (χ4v) is 3.01. The van der Waals surface area contributed by atoms with E-state index in [2.05, 4.69) is 12.2 Å². The minimum absolute atomic E-state index is 0.0116. The van der Waals surface area contributed by atoms with Gasteiger partial charge in [0.2, 0.25) is 11.8 Å². The Hall–Kier alpha value is -1.06. The molecule has 96 valence electrons. The Kier molecular flexibility index (Phi) is 3.69. The molecule has 0 aromatic heterocycles. The van der Waals surface area contributed by atoms with Crippen molar-refractivity contribution in [2.75, 3.05) is 13.1 Å². The van der Waals surface area contributed by atoms with Crippen LogP contribution in [0, 0.1) is 11.8 Å². The van der Waals surface area contributed by atoms with Crippen molar-refractivity contribution in [2.24, 2.45) is 11.8 Å². The topological polar surface area (TPSA) is 49.4 Å². The molecule has 3 unspecified atom stereocenters. The van der Waals surface area contributed by atoms with E-state index in [0.717, 1.165) is 12.5 Å². The molecule has 3 atom stereocenters. The number of piperazine rings is 1. The van der Waals surface area contributed by atoms with Crippen molar-refractivity contribution in [3.63, 3.8) is 0 Å². The molecule has 2 amide bonds. The largest absolute Gasteiger partial charge is 0.343 e. The number of carbonyl (C=O) groups is 2. The summed E-state index contributed by atoms with van der Waals surface area (Å²) >= 11 is 0. The van der Waals surface area contributed by atoms with Crippen LogP contribution in [0.25, 0.3) is 0 Å². The lowest BCUT2D eigenvalue weighted by Gasteiger charge is -2.33. The van der Waals surface area contributed by atoms with E-state index in [1.54, 1.807) is 4.90 Å². The predicted molar refractivity (Wildman–Crippen MR) is 65.3 cm³/mol. The number of rotatable bonds is 3. The lowest BCUT2D eigenvalue weighted by molar-refractivity contribution is -0.144. The molecule has 1 saturated heterocycles. The first-order chi connectivity index (χ1) is 8.10. The summed E-state index contributed by atoms with van der Waals surface area (Å²) in [4.78, 5) is 25.4. The Bertz CT molecular complexity index is 317. The molecule has 1 saturated carbocycles. The highest BCUT2D eigenvalue weighted by Crippen LogP contribution is 2.31. The van der Waals surface area contributed by atoms with Crippen LogP contribution in [-0.4, -0.2) is 35.8 Å². The van der Waals surface area contributed by atoms with E-state index < -0.39 is 0 Å². The van der Waals surface area contributed by atoms with E-state index in [1.807, 2.05) is 6.92 Å². The molecule has 0 radical (unpaired) electrons. The summed E-state index contributed by atoms with van der Waals surface area (Å²) in [5, 5.41) is 2.75. The Morgan fingerprint density at radius 1 is 1.35 bits per heavy atom. The average molecular weight is 238 g/mol. The molecule has 2 aliphatic rings. The number of amides is 2. The van der Waals surface area contributed by atoms with Gasteiger partial charge in [-0.15, -0.1) is 0 Å². The maximum Gasteiger partial charge on any atom is 0.245 e. The van der Waals surface area contributed by atoms with Gasteiger partial charge in [0.05, 0.1) is 6.54 Å². The van der Waals surface area contributed by atoms with Crippen LogP contribution < -0.4 is 5.32 Å². The zero-order valence-electron chi connectivity index (χ0n) is 10.7. The normalized spacial score (nSPS) is 34.0. The predicted octanol–water partition coefficient (Wildman–Crippen LogP) is 1.16. The van der Waals surface area contributed by atoms with Gasteiger partial charge in [0, 0.05) is 6.54 Å². The van der Waals surface area contributed by atoms with E-state index in [1.165, 1.54) is 19.3 Å². The fraction of sp³-hybridized carbons (Fsp3) is 0.846. The van der Waals surface area contributed by atoms with E-state index in [9.17, 15) is 9.59 Å². The molecule has 0 spiro atoms. The molecular weight excluding hydrogens is 216 g/mol. The Morgan fingerprint density at radius 2 is 2.12 bits per heavy atom. The van der Waals surface area contributed by atoms with Crippen LogP contribution in [-0.2, 0) is 9.59 Å². The number of nitrogens with zero attached hydrogens (tertiary/aromatic N) is 1. The first-order valence-electron chi connectivity index (χ1n) is 6.68. The summed E-state index contributed by atoms with van der Waals surface area (Å²) in [6.07, 6.45) is 4.34. The zero-order chi connectivity index (χ0) is 12.4. The van der Waals surface area contributed by atoms with E-state index in [4.69, 9.17) is 0 Å². The molecular formula is C13H22N2O2. The highest BCUT2D eigenvalue weighted by Gasteiger charge is 2.33. The number of nitrogens with one attached hydrogen (secondary N) is 1. The molecule has 17 heavy (non-hydrogen) atoms. The maximum atomic E-state index is 12.1. The third-order valence-electron chi connectivity index (χ3n) is 3.97. The molecule has 0 aromatic carbocycles. The number of hydrogen-bond acceptors (Lipinski definition) is 2. The van der Waals surface area contributed by atoms with Crippen molar-refractivity contribution < 1.29 is 9.59 Å². The fourth-order valence-electron chi connectivity index (χ4n) is 3.01. The number of carbonyl (C=O) groups excluding carboxylic acids is 2. The Morgan fingerprint density at radius 3 is 2.71 bits per heavy atom. The Labute approximate surface area is 103 Å². The first-order valence-corrected chi connectivity index (χ1v) is 6.68. The molecule has 1 N–H and O–H groups in total. The highest BCUT2D eigenvalue weighted by molar-refractivity contribution is 5.94. The standard InChI is InChI=1S/C13H22N2O2/c1-3-11-13(17)15(8-12(16)14-11)7-10-5-4-9(2)6-10/h9-11H,3-8H2,1-2H3,(H,14,16). The van der Waals surface area contributed by atoms with Crippen LogP contribution in [0.3, 0.4) is 0 Å². The molecule has 2 fully saturated rings. The van der Waals surface area contributed by atoms with Crippen LogP contribution >= 0.6 is 0 Å². The molecule has 0 bridgehead atoms. The van der Waals surface area contributed by atoms with Gasteiger partial charge >= 0.3 is 0 Å². The lowest BCUT2D eigenvalue weighted by atomic mass is 10.0. The van der Waals surface area contributed by atoms with Crippen molar-refractivity contribution in [2.45, 2.75) is 45.6 Å². The summed E-state index contributed by atoms with van der Waals surface area (Å²) in [5.74, 6) is 1.46. The quantitative estimate of drug-likeness (QED) is 0.802. The summed E-state index contributed by atoms with van der Waals surface area (Å²) in [6.45, 7) is 5.22. The smallest absolute Gasteiger partial charge is 0.245 e. The second kappa shape index (κ2) is 5.07. The monoisotopic (exact) mass is 238 g/mol. The summed E-state index contributed by atoms with van der Waals surface area (Å²) < 4.78 is 0. The van der Waals surface area contributed by atoms with Crippen molar-refractivity contribution in [3.05, 3.63) is 0 Å². The summed E-state index contributed by atoms with van der Waals surface area (Å²) in [7, 11) is 0. The van der Waals surface area contributed by atoms with Gasteiger partial charge in [-0.2, -0.15) is 0 Å². The molecule has 1 aliphatic heterocycles. The van der Waals surface area contributed by atoms with Gasteiger partial charge in [0.25, 0.3) is 0 Å². The third kappa shape index (κ3) is 2.79. The molecule has 4 heteroatoms. The van der Waals surface area contributed by atoms with E-state index >= 15 is 0 Å². The minimum atomic E-state index is -0.296. The second-order valence-corrected chi connectivity index (χ2v) is 5.53. The summed E-state index contributed by atoms with van der Waals surface area (Å²) in [6, 6.07) is -0.296. The van der Waals surface area contributed by atoms with Gasteiger partial charge < -0.3 is 10.2 Å². The van der Waals surface area contributed by atoms with Gasteiger partial charge in [0.15, 0.2) is 0 Å². The van der Waals surface area contributed by atoms with Crippen molar-refractivity contribution in [3.8, 4) is 0 Å². The van der Waals surface area contributed by atoms with Crippen molar-refractivity contribution >= 4 is 11.8 Å². The number of hydrogen-bond donors (Lipinski definition) is 1. The zero-order valence-corrected chi connectivity index (χ0v) is 10.7. The molecule has 2 rings (SSSR count). The van der Waals surface area contributed by atoms with Gasteiger partial charge in [-0.25, -0.2) is 0 Å². The second-order valence-electron chi connectivity index (χ2n) is 5.53. The van der Waals surface area contributed by atoms with Crippen LogP contribution in [0.1, 0.15) is 39.5 Å². The van der Waals surface area contributed by atoms with Gasteiger partial charge in [-0.1, -0.05) is 20.3 Å². The van der Waals surface area contributed by atoms with Gasteiger partial charge in [-0.05, 0) is 31.1 Å². The molecule has 1 heterocycles. The highest BCUT2D eigenvalue weighted by atomic mass is 16.2. The van der Waals surface area contributed by atoms with Crippen LogP contribution in [0.15, 0.2) is 0 Å². The molecule has 0 aromatic rings. The lowest BCUT2D eigenvalue weighted by Crippen LogP contribution is -2.58. The van der Waals surface area contributed by atoms with Crippen LogP contribution in [0.2, 0.25) is 0 Å². The average Bonchev–Trinajstić information content (AvgIpc) is 2.69. The van der Waals surface area contributed by atoms with E-state index in [-0.39, 0.29) is 24.4 Å². The van der Waals surface area contributed by atoms with Crippen molar-refractivity contribution in [1.82, 2.24) is 10.2 Å². The van der Waals surface area contributed by atoms with E-state index in [0.29, 0.717) is 12.3 Å². The van der Waals surface area contributed by atoms with Crippen molar-refractivity contribution in [1.29, 1.82) is 0 Å². The Balaban J connectivity index is 1.94. The summed E-state index contributed by atoms with van der Waals surface area (Å²) in [5.41, 5.74) is 0. The van der Waals surface area contributed by atoms with Crippen LogP contribution in [0.4, 0.5) is 0 Å². The first kappa shape index (κ1) is 12.4. The molecule has 1 aliphatic carbocycles. The van der Waals surface area contributed by atoms with Gasteiger partial charge in [0.1, 0.15) is 6.04 Å². The maximum absolute atomic E-state index is 12.1. The van der Waals surface area contributed by atoms with Crippen LogP contribution in [0.5, 0.6) is 0 Å². The third-order valence-corrected chi connectivity index (χ3v) is 3.97. The SMILES string of the molecule is CCC1NC(=O)CN(CC2CCC(C)C2)C1=O. The van der Waals surface area contributed by atoms with Gasteiger partial charge in [-0.3, -0.25) is 9.59 Å². The molecule has 4 nitrogen and oxygen atoms in total. The minimum Gasteiger partial charge on any atom is -0.343 e.